The molecule has 0 atom stereocenters. The number of aromatic amines is 1. The molecule has 0 aliphatic heterocycles. The molecular formula is C23H19N3O2. The Kier molecular flexibility index (Phi) is 5.15. The summed E-state index contributed by atoms with van der Waals surface area (Å²) in [4.78, 5) is 19.6. The number of nitrogens with one attached hydrogen (secondary N) is 2. The molecule has 138 valence electrons. The number of rotatable bonds is 6. The molecule has 0 unspecified atom stereocenters. The standard InChI is InChI=1S/C23H19N3O2/c27-22(26-23-24-20-11-4-5-12-21(20)25-23)14-13-17-9-6-10-19(15-17)28-16-18-7-2-1-3-8-18/h1-15H,16H2,(H2,24,25,26,27)/b14-13+. The second-order valence-electron chi connectivity index (χ2n) is 6.27. The lowest BCUT2D eigenvalue weighted by Crippen LogP contribution is -2.08. The van der Waals surface area contributed by atoms with E-state index in [4.69, 9.17) is 4.74 Å². The molecule has 0 bridgehead atoms. The fourth-order valence-electron chi connectivity index (χ4n) is 2.79. The van der Waals surface area contributed by atoms with Crippen LogP contribution in [0.25, 0.3) is 17.1 Å². The van der Waals surface area contributed by atoms with Crippen LogP contribution in [0.2, 0.25) is 0 Å². The van der Waals surface area contributed by atoms with Gasteiger partial charge in [0.2, 0.25) is 5.95 Å². The van der Waals surface area contributed by atoms with Gasteiger partial charge in [0.15, 0.2) is 0 Å². The Hall–Kier alpha value is -3.86. The molecule has 0 radical (unpaired) electrons. The first-order valence-electron chi connectivity index (χ1n) is 8.97. The SMILES string of the molecule is O=C(/C=C/c1cccc(OCc2ccccc2)c1)Nc1nc2ccccc2[nH]1. The Labute approximate surface area is 162 Å². The molecule has 3 aromatic carbocycles. The molecule has 0 saturated heterocycles. The van der Waals surface area contributed by atoms with E-state index in [-0.39, 0.29) is 5.91 Å². The zero-order chi connectivity index (χ0) is 19.2. The van der Waals surface area contributed by atoms with Crippen LogP contribution in [0, 0.1) is 0 Å². The van der Waals surface area contributed by atoms with E-state index < -0.39 is 0 Å². The van der Waals surface area contributed by atoms with Crippen molar-refractivity contribution in [2.24, 2.45) is 0 Å². The highest BCUT2D eigenvalue weighted by Gasteiger charge is 2.04. The maximum absolute atomic E-state index is 12.2. The second kappa shape index (κ2) is 8.22. The minimum Gasteiger partial charge on any atom is -0.489 e. The van der Waals surface area contributed by atoms with Crippen molar-refractivity contribution >= 4 is 29.0 Å². The third-order valence-corrected chi connectivity index (χ3v) is 4.16. The highest BCUT2D eigenvalue weighted by Crippen LogP contribution is 2.17. The molecule has 0 fully saturated rings. The Morgan fingerprint density at radius 1 is 1.00 bits per heavy atom. The van der Waals surface area contributed by atoms with Gasteiger partial charge >= 0.3 is 0 Å². The minimum atomic E-state index is -0.255. The second-order valence-corrected chi connectivity index (χ2v) is 6.27. The van der Waals surface area contributed by atoms with Gasteiger partial charge in [-0.05, 0) is 41.5 Å². The monoisotopic (exact) mass is 369 g/mol. The minimum absolute atomic E-state index is 0.255. The van der Waals surface area contributed by atoms with E-state index in [0.29, 0.717) is 12.6 Å². The number of imidazole rings is 1. The first kappa shape index (κ1) is 17.5. The van der Waals surface area contributed by atoms with Crippen molar-refractivity contribution < 1.29 is 9.53 Å². The van der Waals surface area contributed by atoms with Crippen molar-refractivity contribution in [3.8, 4) is 5.75 Å². The lowest BCUT2D eigenvalue weighted by Gasteiger charge is -2.06. The number of para-hydroxylation sites is 2. The van der Waals surface area contributed by atoms with Gasteiger partial charge < -0.3 is 9.72 Å². The quantitative estimate of drug-likeness (QED) is 0.480. The third-order valence-electron chi connectivity index (χ3n) is 4.16. The number of carbonyl (C=O) groups is 1. The zero-order valence-electron chi connectivity index (χ0n) is 15.1. The van der Waals surface area contributed by atoms with E-state index in [2.05, 4.69) is 15.3 Å². The van der Waals surface area contributed by atoms with Crippen molar-refractivity contribution in [2.45, 2.75) is 6.61 Å². The van der Waals surface area contributed by atoms with Crippen molar-refractivity contribution in [3.63, 3.8) is 0 Å². The molecular weight excluding hydrogens is 350 g/mol. The highest BCUT2D eigenvalue weighted by atomic mass is 16.5. The van der Waals surface area contributed by atoms with Crippen molar-refractivity contribution in [1.82, 2.24) is 9.97 Å². The van der Waals surface area contributed by atoms with Crippen molar-refractivity contribution in [1.29, 1.82) is 0 Å². The van der Waals surface area contributed by atoms with Crippen LogP contribution in [-0.4, -0.2) is 15.9 Å². The number of benzene rings is 3. The number of aromatic nitrogens is 2. The molecule has 4 rings (SSSR count). The summed E-state index contributed by atoms with van der Waals surface area (Å²) in [7, 11) is 0. The summed E-state index contributed by atoms with van der Waals surface area (Å²) in [6.07, 6.45) is 3.22. The average Bonchev–Trinajstić information content (AvgIpc) is 3.14. The molecule has 2 N–H and O–H groups in total. The summed E-state index contributed by atoms with van der Waals surface area (Å²) in [5.74, 6) is 0.925. The van der Waals surface area contributed by atoms with Gasteiger partial charge in [-0.3, -0.25) is 10.1 Å². The van der Waals surface area contributed by atoms with E-state index in [0.717, 1.165) is 27.9 Å². The Morgan fingerprint density at radius 2 is 1.82 bits per heavy atom. The fourth-order valence-corrected chi connectivity index (χ4v) is 2.79. The van der Waals surface area contributed by atoms with Gasteiger partial charge in [-0.2, -0.15) is 0 Å². The van der Waals surface area contributed by atoms with Crippen molar-refractivity contribution in [3.05, 3.63) is 96.1 Å². The summed E-state index contributed by atoms with van der Waals surface area (Å²) in [5, 5.41) is 2.74. The number of hydrogen-bond donors (Lipinski definition) is 2. The van der Waals surface area contributed by atoms with Crippen LogP contribution in [0.4, 0.5) is 5.95 Å². The van der Waals surface area contributed by atoms with Crippen LogP contribution in [0.15, 0.2) is 84.9 Å². The summed E-state index contributed by atoms with van der Waals surface area (Å²) in [6.45, 7) is 0.501. The number of fused-ring (bicyclic) bond motifs is 1. The predicted octanol–water partition coefficient (Wildman–Crippen LogP) is 4.79. The molecule has 5 nitrogen and oxygen atoms in total. The first-order chi connectivity index (χ1) is 13.8. The number of hydrogen-bond acceptors (Lipinski definition) is 3. The van der Waals surface area contributed by atoms with Crippen molar-refractivity contribution in [2.75, 3.05) is 5.32 Å². The van der Waals surface area contributed by atoms with Gasteiger partial charge in [0.25, 0.3) is 5.91 Å². The van der Waals surface area contributed by atoms with E-state index >= 15 is 0 Å². The van der Waals surface area contributed by atoms with Crippen LogP contribution < -0.4 is 10.1 Å². The van der Waals surface area contributed by atoms with Crippen LogP contribution in [0.5, 0.6) is 5.75 Å². The summed E-state index contributed by atoms with van der Waals surface area (Å²) >= 11 is 0. The topological polar surface area (TPSA) is 67.0 Å². The Bertz CT molecular complexity index is 1080. The molecule has 0 spiro atoms. The number of anilines is 1. The number of H-pyrrole nitrogens is 1. The molecule has 28 heavy (non-hydrogen) atoms. The van der Waals surface area contributed by atoms with Crippen LogP contribution >= 0.6 is 0 Å². The number of ether oxygens (including phenoxy) is 1. The lowest BCUT2D eigenvalue weighted by molar-refractivity contribution is -0.111. The largest absolute Gasteiger partial charge is 0.489 e. The smallest absolute Gasteiger partial charge is 0.250 e. The molecule has 0 aliphatic rings. The molecule has 0 aliphatic carbocycles. The predicted molar refractivity (Wildman–Crippen MR) is 111 cm³/mol. The van der Waals surface area contributed by atoms with E-state index in [9.17, 15) is 4.79 Å². The Morgan fingerprint density at radius 3 is 2.68 bits per heavy atom. The van der Waals surface area contributed by atoms with E-state index in [1.54, 1.807) is 6.08 Å². The van der Waals surface area contributed by atoms with Gasteiger partial charge in [-0.1, -0.05) is 54.6 Å². The highest BCUT2D eigenvalue weighted by molar-refractivity contribution is 6.01. The maximum Gasteiger partial charge on any atom is 0.250 e. The van der Waals surface area contributed by atoms with Gasteiger partial charge in [-0.15, -0.1) is 0 Å². The molecule has 5 heteroatoms. The third kappa shape index (κ3) is 4.45. The molecule has 1 aromatic heterocycles. The first-order valence-corrected chi connectivity index (χ1v) is 8.97. The molecule has 0 saturated carbocycles. The number of nitrogens with zero attached hydrogens (tertiary/aromatic N) is 1. The van der Waals surface area contributed by atoms with Crippen LogP contribution in [0.1, 0.15) is 11.1 Å². The van der Waals surface area contributed by atoms with Crippen LogP contribution in [-0.2, 0) is 11.4 Å². The van der Waals surface area contributed by atoms with E-state index in [1.165, 1.54) is 6.08 Å². The number of carbonyl (C=O) groups excluding carboxylic acids is 1. The van der Waals surface area contributed by atoms with Crippen LogP contribution in [0.3, 0.4) is 0 Å². The van der Waals surface area contributed by atoms with Gasteiger partial charge in [0, 0.05) is 6.08 Å². The zero-order valence-corrected chi connectivity index (χ0v) is 15.1. The molecule has 1 heterocycles. The summed E-state index contributed by atoms with van der Waals surface area (Å²) < 4.78 is 5.82. The van der Waals surface area contributed by atoms with E-state index in [1.807, 2.05) is 78.9 Å². The molecule has 4 aromatic rings. The Balaban J connectivity index is 1.37. The van der Waals surface area contributed by atoms with Gasteiger partial charge in [0.1, 0.15) is 12.4 Å². The summed E-state index contributed by atoms with van der Waals surface area (Å²) in [6, 6.07) is 25.2. The lowest BCUT2D eigenvalue weighted by atomic mass is 10.2. The van der Waals surface area contributed by atoms with Gasteiger partial charge in [-0.25, -0.2) is 4.98 Å². The van der Waals surface area contributed by atoms with Gasteiger partial charge in [0.05, 0.1) is 11.0 Å². The summed E-state index contributed by atoms with van der Waals surface area (Å²) in [5.41, 5.74) is 3.68. The number of amides is 1. The molecule has 1 amide bonds. The maximum atomic E-state index is 12.2. The average molecular weight is 369 g/mol. The normalized spacial score (nSPS) is 11.0. The fraction of sp³-hybridized carbons (Fsp3) is 0.0435.